The number of hydrogen-bond donors (Lipinski definition) is 1. The number of aromatic nitrogens is 2. The van der Waals surface area contributed by atoms with Crippen molar-refractivity contribution in [2.75, 3.05) is 32.1 Å². The summed E-state index contributed by atoms with van der Waals surface area (Å²) in [6.45, 7) is 2.20. The van der Waals surface area contributed by atoms with Crippen molar-refractivity contribution in [3.05, 3.63) is 12.4 Å². The molecular formula is C10H18N4. The molecule has 78 valence electrons. The van der Waals surface area contributed by atoms with Crippen LogP contribution in [0.25, 0.3) is 0 Å². The normalized spacial score (nSPS) is 22.3. The minimum atomic E-state index is 0.539. The first-order valence-corrected chi connectivity index (χ1v) is 5.19. The van der Waals surface area contributed by atoms with Gasteiger partial charge in [0.05, 0.1) is 17.9 Å². The van der Waals surface area contributed by atoms with E-state index >= 15 is 0 Å². The monoisotopic (exact) mass is 194 g/mol. The van der Waals surface area contributed by atoms with Crippen molar-refractivity contribution in [2.24, 2.45) is 0 Å². The molecule has 2 rings (SSSR count). The highest BCUT2D eigenvalue weighted by molar-refractivity contribution is 5.40. The second-order valence-electron chi connectivity index (χ2n) is 4.07. The average molecular weight is 194 g/mol. The molecule has 1 fully saturated rings. The highest BCUT2D eigenvalue weighted by atomic mass is 15.3. The fraction of sp³-hybridized carbons (Fsp3) is 0.700. The smallest absolute Gasteiger partial charge is 0.0747 e. The fourth-order valence-corrected chi connectivity index (χ4v) is 1.82. The van der Waals surface area contributed by atoms with Gasteiger partial charge in [-0.2, -0.15) is 5.10 Å². The number of anilines is 1. The molecule has 1 aliphatic heterocycles. The summed E-state index contributed by atoms with van der Waals surface area (Å²) in [5.74, 6) is 0. The first kappa shape index (κ1) is 9.52. The van der Waals surface area contributed by atoms with Crippen LogP contribution in [0.3, 0.4) is 0 Å². The van der Waals surface area contributed by atoms with E-state index < -0.39 is 0 Å². The third kappa shape index (κ3) is 1.90. The first-order chi connectivity index (χ1) is 6.77. The van der Waals surface area contributed by atoms with Crippen LogP contribution in [0, 0.1) is 0 Å². The molecule has 0 amide bonds. The molecule has 0 radical (unpaired) electrons. The minimum Gasteiger partial charge on any atom is -0.375 e. The number of nitrogens with one attached hydrogen (secondary N) is 1. The summed E-state index contributed by atoms with van der Waals surface area (Å²) in [6.07, 6.45) is 6.54. The van der Waals surface area contributed by atoms with Crippen molar-refractivity contribution in [1.29, 1.82) is 0 Å². The van der Waals surface area contributed by atoms with Gasteiger partial charge in [-0.3, -0.25) is 4.68 Å². The summed E-state index contributed by atoms with van der Waals surface area (Å²) in [7, 11) is 4.08. The van der Waals surface area contributed by atoms with Gasteiger partial charge in [-0.05, 0) is 19.4 Å². The Labute approximate surface area is 84.9 Å². The summed E-state index contributed by atoms with van der Waals surface area (Å²) in [6, 6.07) is 0.539. The third-order valence-corrected chi connectivity index (χ3v) is 2.75. The molecule has 0 spiro atoms. The zero-order valence-corrected chi connectivity index (χ0v) is 8.90. The van der Waals surface area contributed by atoms with Crippen LogP contribution in [0.1, 0.15) is 18.9 Å². The molecule has 0 bridgehead atoms. The summed E-state index contributed by atoms with van der Waals surface area (Å²) < 4.78 is 2.08. The quantitative estimate of drug-likeness (QED) is 0.758. The lowest BCUT2D eigenvalue weighted by Gasteiger charge is -2.23. The molecule has 0 unspecified atom stereocenters. The molecule has 1 N–H and O–H groups in total. The van der Waals surface area contributed by atoms with Crippen molar-refractivity contribution in [3.8, 4) is 0 Å². The van der Waals surface area contributed by atoms with E-state index in [9.17, 15) is 0 Å². The topological polar surface area (TPSA) is 33.1 Å². The van der Waals surface area contributed by atoms with Crippen LogP contribution in [-0.4, -0.2) is 37.0 Å². The van der Waals surface area contributed by atoms with Gasteiger partial charge >= 0.3 is 0 Å². The predicted molar refractivity (Wildman–Crippen MR) is 57.7 cm³/mol. The largest absolute Gasteiger partial charge is 0.375 e. The van der Waals surface area contributed by atoms with E-state index in [0.29, 0.717) is 6.04 Å². The Kier molecular flexibility index (Phi) is 2.72. The predicted octanol–water partition coefficient (Wildman–Crippen LogP) is 0.874. The summed E-state index contributed by atoms with van der Waals surface area (Å²) in [4.78, 5) is 2.08. The Morgan fingerprint density at radius 3 is 3.00 bits per heavy atom. The molecule has 1 aromatic rings. The van der Waals surface area contributed by atoms with E-state index in [1.54, 1.807) is 0 Å². The van der Waals surface area contributed by atoms with Crippen molar-refractivity contribution in [3.63, 3.8) is 0 Å². The van der Waals surface area contributed by atoms with E-state index in [1.165, 1.54) is 18.5 Å². The van der Waals surface area contributed by atoms with Crippen LogP contribution in [0.2, 0.25) is 0 Å². The van der Waals surface area contributed by atoms with Gasteiger partial charge in [0.15, 0.2) is 0 Å². The van der Waals surface area contributed by atoms with Gasteiger partial charge < -0.3 is 10.2 Å². The van der Waals surface area contributed by atoms with E-state index in [0.717, 1.165) is 13.1 Å². The molecule has 14 heavy (non-hydrogen) atoms. The summed E-state index contributed by atoms with van der Waals surface area (Å²) in [5, 5.41) is 7.79. The molecule has 0 aliphatic carbocycles. The van der Waals surface area contributed by atoms with Crippen molar-refractivity contribution >= 4 is 5.69 Å². The Balaban J connectivity index is 2.07. The second kappa shape index (κ2) is 4.00. The molecule has 0 aromatic carbocycles. The molecular weight excluding hydrogens is 176 g/mol. The lowest BCUT2D eigenvalue weighted by molar-refractivity contribution is 0.347. The van der Waals surface area contributed by atoms with Gasteiger partial charge in [0.2, 0.25) is 0 Å². The average Bonchev–Trinajstić information content (AvgIpc) is 2.68. The fourth-order valence-electron chi connectivity index (χ4n) is 1.82. The Morgan fingerprint density at radius 2 is 2.43 bits per heavy atom. The highest BCUT2D eigenvalue weighted by Crippen LogP contribution is 2.18. The Hall–Kier alpha value is -1.03. The third-order valence-electron chi connectivity index (χ3n) is 2.75. The van der Waals surface area contributed by atoms with Gasteiger partial charge in [0, 0.05) is 26.8 Å². The van der Waals surface area contributed by atoms with E-state index in [2.05, 4.69) is 26.2 Å². The zero-order valence-electron chi connectivity index (χ0n) is 8.90. The van der Waals surface area contributed by atoms with E-state index in [-0.39, 0.29) is 0 Å². The van der Waals surface area contributed by atoms with Crippen LogP contribution in [0.5, 0.6) is 0 Å². The molecule has 4 nitrogen and oxygen atoms in total. The van der Waals surface area contributed by atoms with Gasteiger partial charge in [0.25, 0.3) is 0 Å². The molecule has 4 heteroatoms. The lowest BCUT2D eigenvalue weighted by Crippen LogP contribution is -2.31. The van der Waals surface area contributed by atoms with Crippen LogP contribution in [0.15, 0.2) is 12.4 Å². The van der Waals surface area contributed by atoms with Crippen LogP contribution < -0.4 is 10.2 Å². The van der Waals surface area contributed by atoms with Gasteiger partial charge in [-0.25, -0.2) is 0 Å². The van der Waals surface area contributed by atoms with Crippen molar-refractivity contribution in [2.45, 2.75) is 18.9 Å². The second-order valence-corrected chi connectivity index (χ2v) is 4.07. The maximum Gasteiger partial charge on any atom is 0.0747 e. The number of hydrogen-bond acceptors (Lipinski definition) is 3. The molecule has 1 aliphatic rings. The van der Waals surface area contributed by atoms with E-state index in [4.69, 9.17) is 0 Å². The number of rotatable bonds is 2. The summed E-state index contributed by atoms with van der Waals surface area (Å²) in [5.41, 5.74) is 1.18. The standard InChI is InChI=1S/C10H18N4/c1-13(2)10-7-12-14(8-10)9-4-3-5-11-6-9/h7-9,11H,3-6H2,1-2H3/t9-/m0/s1. The molecule has 1 aromatic heterocycles. The molecule has 0 saturated carbocycles. The highest BCUT2D eigenvalue weighted by Gasteiger charge is 2.15. The van der Waals surface area contributed by atoms with Gasteiger partial charge in [-0.15, -0.1) is 0 Å². The summed E-state index contributed by atoms with van der Waals surface area (Å²) >= 11 is 0. The molecule has 1 saturated heterocycles. The SMILES string of the molecule is CN(C)c1cnn([C@H]2CCCNC2)c1. The Bertz CT molecular complexity index is 286. The van der Waals surface area contributed by atoms with Gasteiger partial charge in [-0.1, -0.05) is 0 Å². The van der Waals surface area contributed by atoms with Crippen LogP contribution >= 0.6 is 0 Å². The van der Waals surface area contributed by atoms with E-state index in [1.807, 2.05) is 20.3 Å². The molecule has 2 heterocycles. The first-order valence-electron chi connectivity index (χ1n) is 5.19. The maximum absolute atomic E-state index is 4.40. The maximum atomic E-state index is 4.40. The van der Waals surface area contributed by atoms with Crippen molar-refractivity contribution < 1.29 is 0 Å². The van der Waals surface area contributed by atoms with Gasteiger partial charge in [0.1, 0.15) is 0 Å². The number of piperidine rings is 1. The van der Waals surface area contributed by atoms with Crippen molar-refractivity contribution in [1.82, 2.24) is 15.1 Å². The van der Waals surface area contributed by atoms with Crippen LogP contribution in [-0.2, 0) is 0 Å². The lowest BCUT2D eigenvalue weighted by atomic mass is 10.1. The zero-order chi connectivity index (χ0) is 9.97. The Morgan fingerprint density at radius 1 is 1.57 bits per heavy atom. The van der Waals surface area contributed by atoms with Crippen LogP contribution in [0.4, 0.5) is 5.69 Å². The minimum absolute atomic E-state index is 0.539. The molecule has 1 atom stereocenters. The number of nitrogens with zero attached hydrogens (tertiary/aromatic N) is 3.